The monoisotopic (exact) mass is 439 g/mol. The molecule has 0 saturated carbocycles. The van der Waals surface area contributed by atoms with Crippen LogP contribution in [0.25, 0.3) is 22.0 Å². The second-order valence-corrected chi connectivity index (χ2v) is 8.59. The van der Waals surface area contributed by atoms with Gasteiger partial charge < -0.3 is 4.90 Å². The SMILES string of the molecule is Cn1cc(-c2ccc3cnc(CC(=O)C4CCN(C(=O)c5ccccc5)CC4)cc3c2)nn1. The molecule has 1 aliphatic rings. The molecule has 2 aromatic heterocycles. The number of amides is 1. The standard InChI is InChI=1S/C26H25N5O2/c1-30-17-24(28-29-30)20-7-8-21-16-27-23(14-22(21)13-20)15-25(32)18-9-11-31(12-10-18)26(33)19-5-3-2-4-6-19/h2-8,13-14,16-18H,9-12,15H2,1H3. The summed E-state index contributed by atoms with van der Waals surface area (Å²) >= 11 is 0. The number of carbonyl (C=O) groups is 2. The summed E-state index contributed by atoms with van der Waals surface area (Å²) in [5, 5.41) is 10.2. The molecular weight excluding hydrogens is 414 g/mol. The number of benzene rings is 2. The Morgan fingerprint density at radius 2 is 1.79 bits per heavy atom. The molecule has 0 spiro atoms. The second kappa shape index (κ2) is 8.94. The lowest BCUT2D eigenvalue weighted by molar-refractivity contribution is -0.123. The van der Waals surface area contributed by atoms with E-state index in [1.807, 2.05) is 72.9 Å². The van der Waals surface area contributed by atoms with E-state index in [4.69, 9.17) is 0 Å². The molecule has 3 heterocycles. The van der Waals surface area contributed by atoms with Crippen molar-refractivity contribution in [2.24, 2.45) is 13.0 Å². The van der Waals surface area contributed by atoms with E-state index < -0.39 is 0 Å². The summed E-state index contributed by atoms with van der Waals surface area (Å²) in [5.41, 5.74) is 3.26. The van der Waals surface area contributed by atoms with Crippen LogP contribution in [-0.4, -0.2) is 49.7 Å². The van der Waals surface area contributed by atoms with E-state index in [2.05, 4.69) is 21.4 Å². The van der Waals surface area contributed by atoms with Crippen molar-refractivity contribution in [2.75, 3.05) is 13.1 Å². The number of hydrogen-bond acceptors (Lipinski definition) is 5. The normalized spacial score (nSPS) is 14.5. The first kappa shape index (κ1) is 21.0. The van der Waals surface area contributed by atoms with Crippen LogP contribution in [0.1, 0.15) is 28.9 Å². The third kappa shape index (κ3) is 4.53. The molecule has 1 aliphatic heterocycles. The summed E-state index contributed by atoms with van der Waals surface area (Å²) in [6.45, 7) is 1.22. The largest absolute Gasteiger partial charge is 0.339 e. The molecule has 1 saturated heterocycles. The van der Waals surface area contributed by atoms with Gasteiger partial charge >= 0.3 is 0 Å². The van der Waals surface area contributed by atoms with Crippen LogP contribution in [0.4, 0.5) is 0 Å². The number of likely N-dealkylation sites (tertiary alicyclic amines) is 1. The highest BCUT2D eigenvalue weighted by Crippen LogP contribution is 2.25. The zero-order valence-electron chi connectivity index (χ0n) is 18.5. The molecule has 0 atom stereocenters. The van der Waals surface area contributed by atoms with Crippen molar-refractivity contribution in [1.29, 1.82) is 0 Å². The predicted molar refractivity (Wildman–Crippen MR) is 126 cm³/mol. The highest BCUT2D eigenvalue weighted by atomic mass is 16.2. The summed E-state index contributed by atoms with van der Waals surface area (Å²) in [6.07, 6.45) is 5.40. The molecule has 166 valence electrons. The van der Waals surface area contributed by atoms with E-state index in [-0.39, 0.29) is 17.6 Å². The molecule has 5 rings (SSSR count). The van der Waals surface area contributed by atoms with Crippen molar-refractivity contribution in [3.63, 3.8) is 0 Å². The zero-order valence-corrected chi connectivity index (χ0v) is 18.5. The zero-order chi connectivity index (χ0) is 22.8. The van der Waals surface area contributed by atoms with Crippen LogP contribution in [0.3, 0.4) is 0 Å². The molecule has 0 aliphatic carbocycles. The Hall–Kier alpha value is -3.87. The van der Waals surface area contributed by atoms with Gasteiger partial charge in [-0.25, -0.2) is 0 Å². The van der Waals surface area contributed by atoms with Gasteiger partial charge in [-0.15, -0.1) is 5.10 Å². The molecule has 1 fully saturated rings. The number of fused-ring (bicyclic) bond motifs is 1. The first-order valence-corrected chi connectivity index (χ1v) is 11.2. The number of nitrogens with zero attached hydrogens (tertiary/aromatic N) is 5. The van der Waals surface area contributed by atoms with Crippen molar-refractivity contribution in [3.05, 3.63) is 78.2 Å². The molecule has 1 amide bonds. The van der Waals surface area contributed by atoms with Crippen LogP contribution in [0.5, 0.6) is 0 Å². The van der Waals surface area contributed by atoms with Gasteiger partial charge in [-0.1, -0.05) is 35.5 Å². The minimum Gasteiger partial charge on any atom is -0.339 e. The smallest absolute Gasteiger partial charge is 0.253 e. The summed E-state index contributed by atoms with van der Waals surface area (Å²) in [7, 11) is 1.84. The number of hydrogen-bond donors (Lipinski definition) is 0. The quantitative estimate of drug-likeness (QED) is 0.474. The third-order valence-electron chi connectivity index (χ3n) is 6.29. The summed E-state index contributed by atoms with van der Waals surface area (Å²) in [4.78, 5) is 32.0. The lowest BCUT2D eigenvalue weighted by Gasteiger charge is -2.31. The fourth-order valence-corrected chi connectivity index (χ4v) is 4.41. The molecule has 0 N–H and O–H groups in total. The number of carbonyl (C=O) groups excluding carboxylic acids is 2. The van der Waals surface area contributed by atoms with Gasteiger partial charge in [0.15, 0.2) is 0 Å². The van der Waals surface area contributed by atoms with Crippen molar-refractivity contribution >= 4 is 22.5 Å². The van der Waals surface area contributed by atoms with Crippen LogP contribution in [0, 0.1) is 5.92 Å². The van der Waals surface area contributed by atoms with Gasteiger partial charge in [-0.05, 0) is 42.5 Å². The van der Waals surface area contributed by atoms with Gasteiger partial charge in [0, 0.05) is 60.9 Å². The van der Waals surface area contributed by atoms with Crippen molar-refractivity contribution in [1.82, 2.24) is 24.9 Å². The predicted octanol–water partition coefficient (Wildman–Crippen LogP) is 3.69. The Bertz CT molecular complexity index is 1310. The number of piperidine rings is 1. The summed E-state index contributed by atoms with van der Waals surface area (Å²) in [6, 6.07) is 17.4. The van der Waals surface area contributed by atoms with Crippen LogP contribution >= 0.6 is 0 Å². The van der Waals surface area contributed by atoms with E-state index >= 15 is 0 Å². The highest BCUT2D eigenvalue weighted by Gasteiger charge is 2.27. The van der Waals surface area contributed by atoms with E-state index in [9.17, 15) is 9.59 Å². The maximum atomic E-state index is 13.0. The van der Waals surface area contributed by atoms with Gasteiger partial charge in [0.25, 0.3) is 5.91 Å². The first-order chi connectivity index (χ1) is 16.1. The fourth-order valence-electron chi connectivity index (χ4n) is 4.41. The Morgan fingerprint density at radius 1 is 1.00 bits per heavy atom. The minimum atomic E-state index is -0.0340. The van der Waals surface area contributed by atoms with Crippen molar-refractivity contribution < 1.29 is 9.59 Å². The maximum Gasteiger partial charge on any atom is 0.253 e. The Morgan fingerprint density at radius 3 is 2.52 bits per heavy atom. The number of Topliss-reactive ketones (excluding diaryl/α,β-unsaturated/α-hetero) is 1. The molecular formula is C26H25N5O2. The number of pyridine rings is 1. The second-order valence-electron chi connectivity index (χ2n) is 8.59. The number of ketones is 1. The third-order valence-corrected chi connectivity index (χ3v) is 6.29. The van der Waals surface area contributed by atoms with Gasteiger partial charge in [-0.2, -0.15) is 0 Å². The van der Waals surface area contributed by atoms with Crippen LogP contribution < -0.4 is 0 Å². The Labute approximate surface area is 192 Å². The molecule has 4 aromatic rings. The first-order valence-electron chi connectivity index (χ1n) is 11.2. The Balaban J connectivity index is 1.24. The van der Waals surface area contributed by atoms with Gasteiger partial charge in [0.1, 0.15) is 11.5 Å². The number of rotatable bonds is 5. The Kier molecular flexibility index (Phi) is 5.69. The average molecular weight is 440 g/mol. The molecule has 7 heteroatoms. The van der Waals surface area contributed by atoms with Crippen LogP contribution in [0.15, 0.2) is 67.0 Å². The summed E-state index contributed by atoms with van der Waals surface area (Å²) < 4.78 is 1.68. The van der Waals surface area contributed by atoms with Crippen LogP contribution in [0.2, 0.25) is 0 Å². The van der Waals surface area contributed by atoms with E-state index in [0.717, 1.165) is 27.7 Å². The molecule has 0 bridgehead atoms. The fraction of sp³-hybridized carbons (Fsp3) is 0.269. The lowest BCUT2D eigenvalue weighted by Crippen LogP contribution is -2.40. The topological polar surface area (TPSA) is 81.0 Å². The van der Waals surface area contributed by atoms with Crippen molar-refractivity contribution in [3.8, 4) is 11.3 Å². The van der Waals surface area contributed by atoms with Crippen LogP contribution in [-0.2, 0) is 18.3 Å². The molecule has 33 heavy (non-hydrogen) atoms. The van der Waals surface area contributed by atoms with Crippen molar-refractivity contribution in [2.45, 2.75) is 19.3 Å². The summed E-state index contributed by atoms with van der Waals surface area (Å²) in [5.74, 6) is 0.198. The van der Waals surface area contributed by atoms with Gasteiger partial charge in [0.05, 0.1) is 6.20 Å². The highest BCUT2D eigenvalue weighted by molar-refractivity contribution is 5.94. The van der Waals surface area contributed by atoms with E-state index in [0.29, 0.717) is 37.9 Å². The number of aromatic nitrogens is 4. The molecule has 0 radical (unpaired) electrons. The minimum absolute atomic E-state index is 0.0340. The lowest BCUT2D eigenvalue weighted by atomic mass is 9.89. The van der Waals surface area contributed by atoms with E-state index in [1.165, 1.54) is 0 Å². The van der Waals surface area contributed by atoms with Gasteiger partial charge in [0.2, 0.25) is 0 Å². The molecule has 0 unspecified atom stereocenters. The van der Waals surface area contributed by atoms with Gasteiger partial charge in [-0.3, -0.25) is 19.3 Å². The van der Waals surface area contributed by atoms with E-state index in [1.54, 1.807) is 4.68 Å². The maximum absolute atomic E-state index is 13.0. The molecule has 2 aromatic carbocycles. The number of aryl methyl sites for hydroxylation is 1. The molecule has 7 nitrogen and oxygen atoms in total. The average Bonchev–Trinajstić information content (AvgIpc) is 3.30.